The predicted molar refractivity (Wildman–Crippen MR) is 69.2 cm³/mol. The molecule has 0 fully saturated rings. The number of nitrogens with two attached hydrogens (primary N) is 2. The summed E-state index contributed by atoms with van der Waals surface area (Å²) in [4.78, 5) is 36.9. The summed E-state index contributed by atoms with van der Waals surface area (Å²) in [6.45, 7) is 3.49. The first kappa shape index (κ1) is 13.2. The molecule has 0 unspecified atom stereocenters. The van der Waals surface area contributed by atoms with Crippen molar-refractivity contribution in [3.8, 4) is 0 Å². The van der Waals surface area contributed by atoms with E-state index in [1.54, 1.807) is 19.9 Å². The lowest BCUT2D eigenvalue weighted by atomic mass is 10.0. The topological polar surface area (TPSA) is 106 Å². The molecule has 1 aliphatic heterocycles. The van der Waals surface area contributed by atoms with Gasteiger partial charge in [0, 0.05) is 5.69 Å². The van der Waals surface area contributed by atoms with Crippen LogP contribution in [0.4, 0.5) is 5.69 Å². The highest BCUT2D eigenvalue weighted by molar-refractivity contribution is 6.31. The minimum Gasteiger partial charge on any atom is -0.398 e. The largest absolute Gasteiger partial charge is 0.398 e. The predicted octanol–water partition coefficient (Wildman–Crippen LogP) is 0.375. The van der Waals surface area contributed by atoms with Crippen LogP contribution in [-0.4, -0.2) is 28.7 Å². The zero-order valence-corrected chi connectivity index (χ0v) is 10.7. The third-order valence-electron chi connectivity index (χ3n) is 3.17. The summed E-state index contributed by atoms with van der Waals surface area (Å²) in [6.07, 6.45) is 0. The van der Waals surface area contributed by atoms with Crippen LogP contribution >= 0.6 is 0 Å². The Kier molecular flexibility index (Phi) is 3.11. The number of benzene rings is 1. The zero-order valence-electron chi connectivity index (χ0n) is 10.7. The molecule has 0 bridgehead atoms. The number of rotatable bonds is 2. The summed E-state index contributed by atoms with van der Waals surface area (Å²) in [7, 11) is 0. The van der Waals surface area contributed by atoms with Crippen LogP contribution in [0.2, 0.25) is 0 Å². The van der Waals surface area contributed by atoms with E-state index in [-0.39, 0.29) is 22.7 Å². The molecule has 19 heavy (non-hydrogen) atoms. The van der Waals surface area contributed by atoms with Gasteiger partial charge < -0.3 is 11.5 Å². The van der Waals surface area contributed by atoms with E-state index in [2.05, 4.69) is 0 Å². The van der Waals surface area contributed by atoms with Gasteiger partial charge in [-0.25, -0.2) is 4.90 Å². The van der Waals surface area contributed by atoms with E-state index < -0.39 is 23.8 Å². The second-order valence-corrected chi connectivity index (χ2v) is 4.82. The average Bonchev–Trinajstić information content (AvgIpc) is 2.61. The number of hydrogen-bond acceptors (Lipinski definition) is 5. The molecule has 1 atom stereocenters. The highest BCUT2D eigenvalue weighted by Crippen LogP contribution is 2.28. The van der Waals surface area contributed by atoms with Crippen molar-refractivity contribution in [2.24, 2.45) is 11.7 Å². The summed E-state index contributed by atoms with van der Waals surface area (Å²) in [5, 5.41) is 0. The van der Waals surface area contributed by atoms with E-state index >= 15 is 0 Å². The van der Waals surface area contributed by atoms with Gasteiger partial charge in [0.2, 0.25) is 0 Å². The van der Waals surface area contributed by atoms with Crippen molar-refractivity contribution in [2.45, 2.75) is 19.9 Å². The Balaban J connectivity index is 2.44. The third kappa shape index (κ3) is 1.90. The summed E-state index contributed by atoms with van der Waals surface area (Å²) < 4.78 is 0. The van der Waals surface area contributed by atoms with E-state index in [9.17, 15) is 14.4 Å². The van der Waals surface area contributed by atoms with Gasteiger partial charge in [0.05, 0.1) is 17.2 Å². The maximum Gasteiger partial charge on any atom is 0.270 e. The van der Waals surface area contributed by atoms with Crippen LogP contribution < -0.4 is 11.5 Å². The molecule has 1 heterocycles. The second kappa shape index (κ2) is 4.47. The number of carbonyl (C=O) groups excluding carboxylic acids is 3. The number of hydrogen-bond donors (Lipinski definition) is 2. The van der Waals surface area contributed by atoms with Crippen molar-refractivity contribution in [3.05, 3.63) is 29.3 Å². The minimum atomic E-state index is -0.900. The molecule has 6 nitrogen and oxygen atoms in total. The molecule has 3 amide bonds. The van der Waals surface area contributed by atoms with Gasteiger partial charge in [-0.1, -0.05) is 19.9 Å². The van der Waals surface area contributed by atoms with E-state index in [0.29, 0.717) is 4.90 Å². The average molecular weight is 261 g/mol. The Morgan fingerprint density at radius 2 is 1.84 bits per heavy atom. The standard InChI is InChI=1S/C13H15N3O3/c1-6(2)10(15)13(19)16-11(17)7-4-3-5-8(14)9(7)12(16)18/h3-6,10H,14-15H2,1-2H3/t10-/m1/s1. The van der Waals surface area contributed by atoms with Crippen LogP contribution in [0.5, 0.6) is 0 Å². The molecule has 2 rings (SSSR count). The number of fused-ring (bicyclic) bond motifs is 1. The Morgan fingerprint density at radius 1 is 1.21 bits per heavy atom. The first-order valence-corrected chi connectivity index (χ1v) is 5.93. The molecule has 0 aromatic heterocycles. The van der Waals surface area contributed by atoms with Gasteiger partial charge in [0.25, 0.3) is 17.7 Å². The molecule has 1 aliphatic rings. The SMILES string of the molecule is CC(C)[C@@H](N)C(=O)N1C(=O)c2cccc(N)c2C1=O. The van der Waals surface area contributed by atoms with E-state index in [4.69, 9.17) is 11.5 Å². The number of nitrogens with zero attached hydrogens (tertiary/aromatic N) is 1. The molecule has 6 heteroatoms. The number of anilines is 1. The molecule has 1 aromatic rings. The molecule has 0 saturated carbocycles. The van der Waals surface area contributed by atoms with Crippen molar-refractivity contribution >= 4 is 23.4 Å². The van der Waals surface area contributed by atoms with Crippen LogP contribution in [0.3, 0.4) is 0 Å². The quantitative estimate of drug-likeness (QED) is 0.591. The van der Waals surface area contributed by atoms with Crippen LogP contribution in [0, 0.1) is 5.92 Å². The van der Waals surface area contributed by atoms with Gasteiger partial charge in [-0.2, -0.15) is 0 Å². The van der Waals surface area contributed by atoms with E-state index in [1.165, 1.54) is 12.1 Å². The van der Waals surface area contributed by atoms with E-state index in [0.717, 1.165) is 0 Å². The van der Waals surface area contributed by atoms with Gasteiger partial charge in [-0.15, -0.1) is 0 Å². The first-order valence-electron chi connectivity index (χ1n) is 5.93. The van der Waals surface area contributed by atoms with Crippen molar-refractivity contribution < 1.29 is 14.4 Å². The molecular formula is C13H15N3O3. The lowest BCUT2D eigenvalue weighted by Crippen LogP contribution is -2.48. The maximum absolute atomic E-state index is 12.1. The highest BCUT2D eigenvalue weighted by Gasteiger charge is 2.43. The summed E-state index contributed by atoms with van der Waals surface area (Å²) >= 11 is 0. The van der Waals surface area contributed by atoms with Gasteiger partial charge in [-0.3, -0.25) is 14.4 Å². The number of imide groups is 3. The lowest BCUT2D eigenvalue weighted by Gasteiger charge is -2.19. The molecule has 100 valence electrons. The van der Waals surface area contributed by atoms with Gasteiger partial charge in [-0.05, 0) is 18.1 Å². The van der Waals surface area contributed by atoms with Crippen LogP contribution in [0.1, 0.15) is 34.6 Å². The third-order valence-corrected chi connectivity index (χ3v) is 3.17. The van der Waals surface area contributed by atoms with Crippen LogP contribution in [0.25, 0.3) is 0 Å². The minimum absolute atomic E-state index is 0.0804. The fourth-order valence-corrected chi connectivity index (χ4v) is 1.95. The van der Waals surface area contributed by atoms with Gasteiger partial charge >= 0.3 is 0 Å². The van der Waals surface area contributed by atoms with Gasteiger partial charge in [0.1, 0.15) is 0 Å². The molecule has 0 spiro atoms. The highest BCUT2D eigenvalue weighted by atomic mass is 16.2. The van der Waals surface area contributed by atoms with Crippen molar-refractivity contribution in [3.63, 3.8) is 0 Å². The maximum atomic E-state index is 12.1. The number of carbonyl (C=O) groups is 3. The Hall–Kier alpha value is -2.21. The molecule has 0 aliphatic carbocycles. The molecule has 0 saturated heterocycles. The fourth-order valence-electron chi connectivity index (χ4n) is 1.95. The zero-order chi connectivity index (χ0) is 14.3. The Morgan fingerprint density at radius 3 is 2.37 bits per heavy atom. The molecule has 4 N–H and O–H groups in total. The van der Waals surface area contributed by atoms with Crippen molar-refractivity contribution in [1.29, 1.82) is 0 Å². The Bertz CT molecular complexity index is 580. The van der Waals surface area contributed by atoms with Crippen molar-refractivity contribution in [1.82, 2.24) is 4.90 Å². The van der Waals surface area contributed by atoms with Crippen molar-refractivity contribution in [2.75, 3.05) is 5.73 Å². The smallest absolute Gasteiger partial charge is 0.270 e. The lowest BCUT2D eigenvalue weighted by molar-refractivity contribution is -0.128. The number of amides is 3. The second-order valence-electron chi connectivity index (χ2n) is 4.82. The fraction of sp³-hybridized carbons (Fsp3) is 0.308. The van der Waals surface area contributed by atoms with E-state index in [1.807, 2.05) is 0 Å². The molecule has 0 radical (unpaired) electrons. The normalized spacial score (nSPS) is 15.9. The monoisotopic (exact) mass is 261 g/mol. The Labute approximate surface area is 110 Å². The molecule has 1 aromatic carbocycles. The van der Waals surface area contributed by atoms with Gasteiger partial charge in [0.15, 0.2) is 0 Å². The summed E-state index contributed by atoms with van der Waals surface area (Å²) in [5.74, 6) is -2.22. The summed E-state index contributed by atoms with van der Waals surface area (Å²) in [5.41, 5.74) is 11.8. The first-order chi connectivity index (χ1) is 8.86. The number of nitrogen functional groups attached to an aromatic ring is 1. The van der Waals surface area contributed by atoms with Crippen LogP contribution in [0.15, 0.2) is 18.2 Å². The molecular weight excluding hydrogens is 246 g/mol. The summed E-state index contributed by atoms with van der Waals surface area (Å²) in [6, 6.07) is 3.65. The van der Waals surface area contributed by atoms with Crippen LogP contribution in [-0.2, 0) is 4.79 Å².